The molecule has 6 heteroatoms. The van der Waals surface area contributed by atoms with Gasteiger partial charge in [-0.1, -0.05) is 12.2 Å². The van der Waals surface area contributed by atoms with Crippen molar-refractivity contribution in [1.82, 2.24) is 10.3 Å². The highest BCUT2D eigenvalue weighted by molar-refractivity contribution is 5.78. The van der Waals surface area contributed by atoms with Crippen LogP contribution < -0.4 is 15.8 Å². The number of benzene rings is 1. The second-order valence-corrected chi connectivity index (χ2v) is 5.07. The number of hydrogen-bond acceptors (Lipinski definition) is 3. The Labute approximate surface area is 134 Å². The smallest absolute Gasteiger partial charge is 0.219 e. The molecule has 0 fully saturated rings. The van der Waals surface area contributed by atoms with Gasteiger partial charge < -0.3 is 15.8 Å². The average molecular weight is 314 g/mol. The van der Waals surface area contributed by atoms with E-state index in [-0.39, 0.29) is 5.82 Å². The standard InChI is InChI=1S/C17H19FN4O/c1-12(2)10-21-17(19)22-11-13-7-8-20-16(9-13)23-15-5-3-14(18)4-6-15/h3-9H,1,10-11H2,2H3,(H3,19,21,22). The molecule has 0 aliphatic heterocycles. The Balaban J connectivity index is 1.98. The topological polar surface area (TPSA) is 72.5 Å². The minimum absolute atomic E-state index is 0.314. The van der Waals surface area contributed by atoms with Gasteiger partial charge in [0.15, 0.2) is 5.96 Å². The first-order valence-corrected chi connectivity index (χ1v) is 7.09. The van der Waals surface area contributed by atoms with Crippen LogP contribution in [0.4, 0.5) is 4.39 Å². The molecule has 0 aliphatic carbocycles. The number of nitrogens with two attached hydrogens (primary N) is 1. The van der Waals surface area contributed by atoms with Gasteiger partial charge in [-0.15, -0.1) is 0 Å². The van der Waals surface area contributed by atoms with Crippen molar-refractivity contribution in [2.45, 2.75) is 13.5 Å². The largest absolute Gasteiger partial charge is 0.439 e. The zero-order valence-electron chi connectivity index (χ0n) is 12.9. The molecule has 0 saturated heterocycles. The van der Waals surface area contributed by atoms with E-state index in [1.165, 1.54) is 12.1 Å². The Morgan fingerprint density at radius 2 is 2.09 bits per heavy atom. The van der Waals surface area contributed by atoms with Crippen molar-refractivity contribution >= 4 is 5.96 Å². The van der Waals surface area contributed by atoms with Gasteiger partial charge >= 0.3 is 0 Å². The van der Waals surface area contributed by atoms with Gasteiger partial charge in [-0.3, -0.25) is 0 Å². The molecule has 0 amide bonds. The third kappa shape index (κ3) is 5.78. The summed E-state index contributed by atoms with van der Waals surface area (Å²) in [6.45, 7) is 6.67. The van der Waals surface area contributed by atoms with Crippen LogP contribution in [0, 0.1) is 5.82 Å². The molecule has 5 nitrogen and oxygen atoms in total. The van der Waals surface area contributed by atoms with E-state index in [0.717, 1.165) is 11.1 Å². The van der Waals surface area contributed by atoms with Crippen LogP contribution in [-0.4, -0.2) is 17.5 Å². The molecule has 0 bridgehead atoms. The molecule has 2 aromatic rings. The maximum atomic E-state index is 12.9. The van der Waals surface area contributed by atoms with E-state index in [1.54, 1.807) is 24.4 Å². The fourth-order valence-corrected chi connectivity index (χ4v) is 1.70. The van der Waals surface area contributed by atoms with Crippen molar-refractivity contribution in [2.75, 3.05) is 6.54 Å². The summed E-state index contributed by atoms with van der Waals surface area (Å²) in [5, 5.41) is 2.96. The van der Waals surface area contributed by atoms with Gasteiger partial charge in [0.25, 0.3) is 0 Å². The monoisotopic (exact) mass is 314 g/mol. The second kappa shape index (κ2) is 7.93. The molecule has 0 radical (unpaired) electrons. The van der Waals surface area contributed by atoms with E-state index in [2.05, 4.69) is 21.9 Å². The van der Waals surface area contributed by atoms with Crippen LogP contribution in [-0.2, 0) is 6.54 Å². The van der Waals surface area contributed by atoms with Gasteiger partial charge in [0.2, 0.25) is 5.88 Å². The lowest BCUT2D eigenvalue weighted by molar-refractivity contribution is 0.460. The quantitative estimate of drug-likeness (QED) is 0.488. The van der Waals surface area contributed by atoms with Gasteiger partial charge in [0.1, 0.15) is 11.6 Å². The van der Waals surface area contributed by atoms with Gasteiger partial charge in [0.05, 0.1) is 6.54 Å². The highest BCUT2D eigenvalue weighted by atomic mass is 19.1. The summed E-state index contributed by atoms with van der Waals surface area (Å²) in [5.41, 5.74) is 7.64. The van der Waals surface area contributed by atoms with Crippen molar-refractivity contribution in [3.8, 4) is 11.6 Å². The van der Waals surface area contributed by atoms with Crippen molar-refractivity contribution in [3.63, 3.8) is 0 Å². The molecule has 2 rings (SSSR count). The molecule has 0 saturated carbocycles. The third-order valence-corrected chi connectivity index (χ3v) is 2.84. The lowest BCUT2D eigenvalue weighted by atomic mass is 10.2. The normalized spacial score (nSPS) is 11.1. The maximum Gasteiger partial charge on any atom is 0.219 e. The number of aromatic nitrogens is 1. The summed E-state index contributed by atoms with van der Waals surface area (Å²) in [5.74, 6) is 0.969. The predicted octanol–water partition coefficient (Wildman–Crippen LogP) is 2.99. The molecule has 120 valence electrons. The summed E-state index contributed by atoms with van der Waals surface area (Å²) >= 11 is 0. The summed E-state index contributed by atoms with van der Waals surface area (Å²) < 4.78 is 18.4. The highest BCUT2D eigenvalue weighted by Crippen LogP contribution is 2.20. The molecule has 0 aliphatic rings. The van der Waals surface area contributed by atoms with Gasteiger partial charge in [-0.25, -0.2) is 14.4 Å². The van der Waals surface area contributed by atoms with Crippen LogP contribution in [0.15, 0.2) is 59.7 Å². The van der Waals surface area contributed by atoms with Crippen LogP contribution >= 0.6 is 0 Å². The van der Waals surface area contributed by atoms with Gasteiger partial charge in [-0.05, 0) is 42.8 Å². The Bertz CT molecular complexity index is 698. The lowest BCUT2D eigenvalue weighted by Crippen LogP contribution is -2.32. The van der Waals surface area contributed by atoms with E-state index in [0.29, 0.717) is 30.7 Å². The summed E-state index contributed by atoms with van der Waals surface area (Å²) in [4.78, 5) is 8.36. The average Bonchev–Trinajstić information content (AvgIpc) is 2.53. The van der Waals surface area contributed by atoms with Gasteiger partial charge in [-0.2, -0.15) is 0 Å². The highest BCUT2D eigenvalue weighted by Gasteiger charge is 2.01. The maximum absolute atomic E-state index is 12.9. The van der Waals surface area contributed by atoms with E-state index < -0.39 is 0 Å². The van der Waals surface area contributed by atoms with Crippen LogP contribution in [0.2, 0.25) is 0 Å². The second-order valence-electron chi connectivity index (χ2n) is 5.07. The first kappa shape index (κ1) is 16.5. The summed E-state index contributed by atoms with van der Waals surface area (Å²) in [7, 11) is 0. The van der Waals surface area contributed by atoms with Crippen molar-refractivity contribution in [3.05, 3.63) is 66.1 Å². The molecule has 0 unspecified atom stereocenters. The predicted molar refractivity (Wildman–Crippen MR) is 88.9 cm³/mol. The van der Waals surface area contributed by atoms with E-state index >= 15 is 0 Å². The molecule has 0 spiro atoms. The Hall–Kier alpha value is -2.89. The Kier molecular flexibility index (Phi) is 5.68. The molecule has 0 atom stereocenters. The Morgan fingerprint density at radius 1 is 1.35 bits per heavy atom. The summed E-state index contributed by atoms with van der Waals surface area (Å²) in [6, 6.07) is 9.34. The minimum atomic E-state index is -0.314. The molecule has 1 heterocycles. The SMILES string of the molecule is C=C(C)CNC(N)=NCc1ccnc(Oc2ccc(F)cc2)c1. The summed E-state index contributed by atoms with van der Waals surface area (Å²) in [6.07, 6.45) is 1.63. The number of pyridine rings is 1. The number of rotatable bonds is 6. The van der Waals surface area contributed by atoms with Crippen LogP contribution in [0.1, 0.15) is 12.5 Å². The van der Waals surface area contributed by atoms with Crippen LogP contribution in [0.25, 0.3) is 0 Å². The zero-order valence-corrected chi connectivity index (χ0v) is 12.9. The van der Waals surface area contributed by atoms with E-state index in [9.17, 15) is 4.39 Å². The van der Waals surface area contributed by atoms with Gasteiger partial charge in [0, 0.05) is 18.8 Å². The minimum Gasteiger partial charge on any atom is -0.439 e. The number of nitrogens with one attached hydrogen (secondary N) is 1. The molecule has 1 aromatic heterocycles. The fraction of sp³-hybridized carbons (Fsp3) is 0.176. The molecular formula is C17H19FN4O. The van der Waals surface area contributed by atoms with Crippen LogP contribution in [0.3, 0.4) is 0 Å². The number of aliphatic imine (C=N–C) groups is 1. The molecular weight excluding hydrogens is 295 g/mol. The van der Waals surface area contributed by atoms with Crippen molar-refractivity contribution in [2.24, 2.45) is 10.7 Å². The van der Waals surface area contributed by atoms with Crippen molar-refractivity contribution in [1.29, 1.82) is 0 Å². The number of ether oxygens (including phenoxy) is 1. The number of halogens is 1. The lowest BCUT2D eigenvalue weighted by Gasteiger charge is -2.07. The fourth-order valence-electron chi connectivity index (χ4n) is 1.70. The first-order chi connectivity index (χ1) is 11.0. The van der Waals surface area contributed by atoms with Crippen molar-refractivity contribution < 1.29 is 9.13 Å². The third-order valence-electron chi connectivity index (χ3n) is 2.84. The number of hydrogen-bond donors (Lipinski definition) is 2. The molecule has 23 heavy (non-hydrogen) atoms. The number of nitrogens with zero attached hydrogens (tertiary/aromatic N) is 2. The van der Waals surface area contributed by atoms with E-state index in [1.807, 2.05) is 13.0 Å². The first-order valence-electron chi connectivity index (χ1n) is 7.09. The molecule has 1 aromatic carbocycles. The van der Waals surface area contributed by atoms with E-state index in [4.69, 9.17) is 10.5 Å². The number of guanidine groups is 1. The van der Waals surface area contributed by atoms with Crippen LogP contribution in [0.5, 0.6) is 11.6 Å². The Morgan fingerprint density at radius 3 is 2.78 bits per heavy atom. The zero-order chi connectivity index (χ0) is 16.7. The molecule has 3 N–H and O–H groups in total.